The van der Waals surface area contributed by atoms with E-state index in [2.05, 4.69) is 24.5 Å². The second-order valence-electron chi connectivity index (χ2n) is 4.71. The molecular formula is C13H19ClN2. The molecule has 1 fully saturated rings. The van der Waals surface area contributed by atoms with Crippen LogP contribution in [-0.2, 0) is 0 Å². The zero-order chi connectivity index (χ0) is 11.5. The number of aryl methyl sites for hydroxylation is 1. The molecule has 0 amide bonds. The number of hydrogen-bond acceptors (Lipinski definition) is 2. The Morgan fingerprint density at radius 3 is 2.62 bits per heavy atom. The lowest BCUT2D eigenvalue weighted by Gasteiger charge is -2.24. The lowest BCUT2D eigenvalue weighted by molar-refractivity contribution is 0.373. The first kappa shape index (κ1) is 11.9. The Labute approximate surface area is 102 Å². The van der Waals surface area contributed by atoms with E-state index in [1.54, 1.807) is 0 Å². The van der Waals surface area contributed by atoms with Gasteiger partial charge in [0.15, 0.2) is 0 Å². The minimum atomic E-state index is 0.204. The van der Waals surface area contributed by atoms with E-state index in [0.29, 0.717) is 5.92 Å². The molecule has 2 rings (SSSR count). The van der Waals surface area contributed by atoms with Crippen molar-refractivity contribution in [3.8, 4) is 0 Å². The third-order valence-corrected chi connectivity index (χ3v) is 3.87. The summed E-state index contributed by atoms with van der Waals surface area (Å²) < 4.78 is 0. The van der Waals surface area contributed by atoms with Crippen LogP contribution in [0.3, 0.4) is 0 Å². The van der Waals surface area contributed by atoms with Crippen molar-refractivity contribution < 1.29 is 0 Å². The number of nitrogens with one attached hydrogen (secondary N) is 1. The Morgan fingerprint density at radius 2 is 2.06 bits per heavy atom. The van der Waals surface area contributed by atoms with Crippen LogP contribution >= 0.6 is 11.6 Å². The fraction of sp³-hybridized carbons (Fsp3) is 0.538. The standard InChI is InChI=1S/C13H19ClN2/c1-9-6-7-11(12(14)8-9)13(16-15)10-4-2-3-5-10/h6-8,10,13,16H,2-5,15H2,1H3. The van der Waals surface area contributed by atoms with Crippen LogP contribution in [0.5, 0.6) is 0 Å². The average molecular weight is 239 g/mol. The van der Waals surface area contributed by atoms with E-state index in [1.165, 1.54) is 31.2 Å². The van der Waals surface area contributed by atoms with Gasteiger partial charge in [-0.15, -0.1) is 0 Å². The van der Waals surface area contributed by atoms with Gasteiger partial charge in [-0.3, -0.25) is 11.3 Å². The number of benzene rings is 1. The molecule has 0 bridgehead atoms. The predicted molar refractivity (Wildman–Crippen MR) is 68.2 cm³/mol. The van der Waals surface area contributed by atoms with Crippen molar-refractivity contribution >= 4 is 11.6 Å². The van der Waals surface area contributed by atoms with Crippen molar-refractivity contribution in [2.75, 3.05) is 0 Å². The van der Waals surface area contributed by atoms with Crippen molar-refractivity contribution in [1.29, 1.82) is 0 Å². The van der Waals surface area contributed by atoms with Crippen molar-refractivity contribution in [3.05, 3.63) is 34.3 Å². The van der Waals surface area contributed by atoms with E-state index >= 15 is 0 Å². The number of hydrazine groups is 1. The molecule has 3 N–H and O–H groups in total. The molecule has 1 saturated carbocycles. The second kappa shape index (κ2) is 5.17. The fourth-order valence-corrected chi connectivity index (χ4v) is 3.01. The SMILES string of the molecule is Cc1ccc(C(NN)C2CCCC2)c(Cl)c1. The van der Waals surface area contributed by atoms with E-state index < -0.39 is 0 Å². The van der Waals surface area contributed by atoms with Gasteiger partial charge in [-0.05, 0) is 42.9 Å². The van der Waals surface area contributed by atoms with Crippen molar-refractivity contribution in [1.82, 2.24) is 5.43 Å². The Balaban J connectivity index is 2.25. The van der Waals surface area contributed by atoms with Gasteiger partial charge < -0.3 is 0 Å². The molecule has 0 heterocycles. The summed E-state index contributed by atoms with van der Waals surface area (Å²) in [4.78, 5) is 0. The second-order valence-corrected chi connectivity index (χ2v) is 5.12. The summed E-state index contributed by atoms with van der Waals surface area (Å²) in [5, 5.41) is 0.829. The van der Waals surface area contributed by atoms with E-state index in [1.807, 2.05) is 6.07 Å². The van der Waals surface area contributed by atoms with Gasteiger partial charge in [0.1, 0.15) is 0 Å². The Bertz CT molecular complexity index is 359. The summed E-state index contributed by atoms with van der Waals surface area (Å²) in [5.41, 5.74) is 5.27. The lowest BCUT2D eigenvalue weighted by Crippen LogP contribution is -2.32. The largest absolute Gasteiger partial charge is 0.271 e. The van der Waals surface area contributed by atoms with Crippen LogP contribution in [0.25, 0.3) is 0 Å². The molecule has 16 heavy (non-hydrogen) atoms. The minimum absolute atomic E-state index is 0.204. The van der Waals surface area contributed by atoms with E-state index in [0.717, 1.165) is 10.6 Å². The van der Waals surface area contributed by atoms with Gasteiger partial charge in [0.2, 0.25) is 0 Å². The first-order valence-corrected chi connectivity index (χ1v) is 6.32. The maximum atomic E-state index is 6.29. The van der Waals surface area contributed by atoms with E-state index in [-0.39, 0.29) is 6.04 Å². The van der Waals surface area contributed by atoms with Gasteiger partial charge in [-0.1, -0.05) is 36.6 Å². The molecule has 1 aliphatic carbocycles. The molecular weight excluding hydrogens is 220 g/mol. The van der Waals surface area contributed by atoms with E-state index in [4.69, 9.17) is 17.4 Å². The number of nitrogens with two attached hydrogens (primary N) is 1. The molecule has 1 aromatic carbocycles. The highest BCUT2D eigenvalue weighted by atomic mass is 35.5. The van der Waals surface area contributed by atoms with Crippen molar-refractivity contribution in [2.45, 2.75) is 38.6 Å². The van der Waals surface area contributed by atoms with Crippen molar-refractivity contribution in [3.63, 3.8) is 0 Å². The maximum absolute atomic E-state index is 6.29. The topological polar surface area (TPSA) is 38.0 Å². The molecule has 2 nitrogen and oxygen atoms in total. The summed E-state index contributed by atoms with van der Waals surface area (Å²) in [6.45, 7) is 2.05. The van der Waals surface area contributed by atoms with Crippen LogP contribution in [0.2, 0.25) is 5.02 Å². The molecule has 0 radical (unpaired) electrons. The molecule has 88 valence electrons. The zero-order valence-electron chi connectivity index (χ0n) is 9.67. The Hall–Kier alpha value is -0.570. The van der Waals surface area contributed by atoms with Crippen LogP contribution in [0.15, 0.2) is 18.2 Å². The molecule has 0 aromatic heterocycles. The van der Waals surface area contributed by atoms with Crippen LogP contribution < -0.4 is 11.3 Å². The van der Waals surface area contributed by atoms with Crippen LogP contribution in [0.4, 0.5) is 0 Å². The summed E-state index contributed by atoms with van der Waals surface area (Å²) >= 11 is 6.29. The minimum Gasteiger partial charge on any atom is -0.271 e. The van der Waals surface area contributed by atoms with Gasteiger partial charge in [0.05, 0.1) is 6.04 Å². The number of halogens is 1. The van der Waals surface area contributed by atoms with Crippen LogP contribution in [0, 0.1) is 12.8 Å². The summed E-state index contributed by atoms with van der Waals surface area (Å²) in [7, 11) is 0. The third kappa shape index (κ3) is 2.40. The third-order valence-electron chi connectivity index (χ3n) is 3.54. The van der Waals surface area contributed by atoms with Crippen LogP contribution in [0.1, 0.15) is 42.9 Å². The Morgan fingerprint density at radius 1 is 1.38 bits per heavy atom. The smallest absolute Gasteiger partial charge is 0.0502 e. The highest BCUT2D eigenvalue weighted by Crippen LogP contribution is 2.37. The summed E-state index contributed by atoms with van der Waals surface area (Å²) in [6, 6.07) is 6.41. The monoisotopic (exact) mass is 238 g/mol. The molecule has 0 aliphatic heterocycles. The molecule has 0 saturated heterocycles. The molecule has 1 aliphatic rings. The van der Waals surface area contributed by atoms with Gasteiger partial charge in [-0.25, -0.2) is 0 Å². The number of rotatable bonds is 3. The summed E-state index contributed by atoms with van der Waals surface area (Å²) in [5.74, 6) is 6.31. The van der Waals surface area contributed by atoms with Crippen LogP contribution in [-0.4, -0.2) is 0 Å². The molecule has 1 aromatic rings. The predicted octanol–water partition coefficient (Wildman–Crippen LogP) is 3.34. The first-order valence-electron chi connectivity index (χ1n) is 5.94. The zero-order valence-corrected chi connectivity index (χ0v) is 10.4. The van der Waals surface area contributed by atoms with Gasteiger partial charge in [-0.2, -0.15) is 0 Å². The maximum Gasteiger partial charge on any atom is 0.0502 e. The van der Waals surface area contributed by atoms with Gasteiger partial charge in [0.25, 0.3) is 0 Å². The normalized spacial score (nSPS) is 18.9. The molecule has 3 heteroatoms. The van der Waals surface area contributed by atoms with Crippen molar-refractivity contribution in [2.24, 2.45) is 11.8 Å². The van der Waals surface area contributed by atoms with Gasteiger partial charge >= 0.3 is 0 Å². The quantitative estimate of drug-likeness (QED) is 0.626. The fourth-order valence-electron chi connectivity index (χ4n) is 2.65. The Kier molecular flexibility index (Phi) is 3.85. The lowest BCUT2D eigenvalue weighted by atomic mass is 9.91. The average Bonchev–Trinajstić information content (AvgIpc) is 2.75. The molecule has 1 unspecified atom stereocenters. The number of hydrogen-bond donors (Lipinski definition) is 2. The summed E-state index contributed by atoms with van der Waals surface area (Å²) in [6.07, 6.45) is 5.12. The molecule has 1 atom stereocenters. The van der Waals surface area contributed by atoms with Gasteiger partial charge in [0, 0.05) is 5.02 Å². The molecule has 0 spiro atoms. The highest BCUT2D eigenvalue weighted by molar-refractivity contribution is 6.31. The first-order chi connectivity index (χ1) is 7.72. The van der Waals surface area contributed by atoms with E-state index in [9.17, 15) is 0 Å². The highest BCUT2D eigenvalue weighted by Gasteiger charge is 2.26.